The van der Waals surface area contributed by atoms with Crippen molar-refractivity contribution in [2.45, 2.75) is 19.3 Å². The number of ether oxygens (including phenoxy) is 1. The number of piperazine rings is 1. The quantitative estimate of drug-likeness (QED) is 0.867. The van der Waals surface area contributed by atoms with Crippen LogP contribution in [0.25, 0.3) is 0 Å². The number of carbonyl (C=O) groups is 2. The highest BCUT2D eigenvalue weighted by Gasteiger charge is 2.23. The minimum Gasteiger partial charge on any atom is -0.497 e. The summed E-state index contributed by atoms with van der Waals surface area (Å²) in [6.07, 6.45) is 1.72. The predicted octanol–water partition coefficient (Wildman–Crippen LogP) is 2.47. The van der Waals surface area contributed by atoms with Gasteiger partial charge in [-0.3, -0.25) is 9.59 Å². The highest BCUT2D eigenvalue weighted by molar-refractivity contribution is 5.99. The Morgan fingerprint density at radius 2 is 1.82 bits per heavy atom. The van der Waals surface area contributed by atoms with Gasteiger partial charge in [0.2, 0.25) is 11.8 Å². The molecule has 2 heterocycles. The number of nitrogens with zero attached hydrogens (tertiary/aromatic N) is 2. The summed E-state index contributed by atoms with van der Waals surface area (Å²) in [5.41, 5.74) is 4.25. The Morgan fingerprint density at radius 1 is 1.07 bits per heavy atom. The SMILES string of the molecule is COc1ccc(CCC(=O)N2CCN(c3ccc4c(c3)CC(=O)N4)CC2)cc1. The Labute approximate surface area is 165 Å². The Hall–Kier alpha value is -3.02. The van der Waals surface area contributed by atoms with E-state index in [4.69, 9.17) is 4.74 Å². The summed E-state index contributed by atoms with van der Waals surface area (Å²) in [6, 6.07) is 14.0. The lowest BCUT2D eigenvalue weighted by Crippen LogP contribution is -2.48. The number of fused-ring (bicyclic) bond motifs is 1. The van der Waals surface area contributed by atoms with Gasteiger partial charge in [0.1, 0.15) is 5.75 Å². The molecule has 28 heavy (non-hydrogen) atoms. The standard InChI is InChI=1S/C22H25N3O3/c1-28-19-6-2-16(3-7-19)4-9-22(27)25-12-10-24(11-13-25)18-5-8-20-17(14-18)15-21(26)23-20/h2-3,5-8,14H,4,9-13,15H2,1H3,(H,23,26). The molecule has 0 radical (unpaired) electrons. The zero-order chi connectivity index (χ0) is 19.5. The van der Waals surface area contributed by atoms with Crippen molar-refractivity contribution in [2.75, 3.05) is 43.5 Å². The number of carbonyl (C=O) groups excluding carboxylic acids is 2. The molecule has 6 nitrogen and oxygen atoms in total. The van der Waals surface area contributed by atoms with Gasteiger partial charge in [0.05, 0.1) is 13.5 Å². The molecule has 0 spiro atoms. The van der Waals surface area contributed by atoms with Crippen LogP contribution in [0.4, 0.5) is 11.4 Å². The van der Waals surface area contributed by atoms with Gasteiger partial charge in [0, 0.05) is 44.0 Å². The molecule has 4 rings (SSSR count). The van der Waals surface area contributed by atoms with E-state index in [1.165, 1.54) is 0 Å². The Balaban J connectivity index is 1.28. The fourth-order valence-corrected chi connectivity index (χ4v) is 3.83. The molecule has 1 saturated heterocycles. The van der Waals surface area contributed by atoms with E-state index >= 15 is 0 Å². The van der Waals surface area contributed by atoms with E-state index in [0.29, 0.717) is 12.8 Å². The third-order valence-corrected chi connectivity index (χ3v) is 5.50. The van der Waals surface area contributed by atoms with Crippen molar-refractivity contribution in [3.8, 4) is 5.75 Å². The molecule has 1 fully saturated rings. The van der Waals surface area contributed by atoms with Crippen molar-refractivity contribution < 1.29 is 14.3 Å². The van der Waals surface area contributed by atoms with Crippen LogP contribution in [0.5, 0.6) is 5.75 Å². The van der Waals surface area contributed by atoms with Gasteiger partial charge in [-0.1, -0.05) is 12.1 Å². The summed E-state index contributed by atoms with van der Waals surface area (Å²) in [4.78, 5) is 28.3. The molecule has 2 aliphatic rings. The van der Waals surface area contributed by atoms with Crippen LogP contribution in [-0.4, -0.2) is 50.0 Å². The van der Waals surface area contributed by atoms with Crippen molar-refractivity contribution >= 4 is 23.2 Å². The number of rotatable bonds is 5. The van der Waals surface area contributed by atoms with Crippen molar-refractivity contribution in [1.82, 2.24) is 4.90 Å². The molecule has 2 aromatic carbocycles. The smallest absolute Gasteiger partial charge is 0.228 e. The fraction of sp³-hybridized carbons (Fsp3) is 0.364. The van der Waals surface area contributed by atoms with E-state index in [0.717, 1.165) is 60.9 Å². The Bertz CT molecular complexity index is 871. The summed E-state index contributed by atoms with van der Waals surface area (Å²) in [7, 11) is 1.65. The van der Waals surface area contributed by atoms with E-state index in [1.807, 2.05) is 41.3 Å². The minimum atomic E-state index is 0.0550. The monoisotopic (exact) mass is 379 g/mol. The summed E-state index contributed by atoms with van der Waals surface area (Å²) in [5, 5.41) is 2.87. The van der Waals surface area contributed by atoms with Crippen LogP contribution < -0.4 is 15.0 Å². The number of anilines is 2. The number of aryl methyl sites for hydroxylation is 1. The van der Waals surface area contributed by atoms with Gasteiger partial charge in [-0.2, -0.15) is 0 Å². The molecule has 2 aromatic rings. The lowest BCUT2D eigenvalue weighted by molar-refractivity contribution is -0.131. The Kier molecular flexibility index (Phi) is 5.19. The van der Waals surface area contributed by atoms with Crippen LogP contribution in [0.1, 0.15) is 17.5 Å². The second kappa shape index (κ2) is 7.92. The average molecular weight is 379 g/mol. The van der Waals surface area contributed by atoms with Gasteiger partial charge in [-0.15, -0.1) is 0 Å². The first-order valence-electron chi connectivity index (χ1n) is 9.71. The molecule has 0 atom stereocenters. The zero-order valence-electron chi connectivity index (χ0n) is 16.1. The molecule has 0 bridgehead atoms. The molecular formula is C22H25N3O3. The highest BCUT2D eigenvalue weighted by atomic mass is 16.5. The van der Waals surface area contributed by atoms with Gasteiger partial charge in [-0.05, 0) is 47.9 Å². The predicted molar refractivity (Wildman–Crippen MR) is 109 cm³/mol. The normalized spacial score (nSPS) is 16.0. The van der Waals surface area contributed by atoms with E-state index in [2.05, 4.69) is 16.3 Å². The molecule has 0 unspecified atom stereocenters. The molecule has 0 aliphatic carbocycles. The van der Waals surface area contributed by atoms with Gasteiger partial charge in [0.15, 0.2) is 0 Å². The molecule has 146 valence electrons. The summed E-state index contributed by atoms with van der Waals surface area (Å²) in [5.74, 6) is 1.09. The fourth-order valence-electron chi connectivity index (χ4n) is 3.83. The van der Waals surface area contributed by atoms with E-state index in [-0.39, 0.29) is 11.8 Å². The van der Waals surface area contributed by atoms with Crippen molar-refractivity contribution in [2.24, 2.45) is 0 Å². The third kappa shape index (κ3) is 3.96. The zero-order valence-corrected chi connectivity index (χ0v) is 16.1. The largest absolute Gasteiger partial charge is 0.497 e. The number of benzene rings is 2. The first-order chi connectivity index (χ1) is 13.6. The van der Waals surface area contributed by atoms with E-state index < -0.39 is 0 Å². The highest BCUT2D eigenvalue weighted by Crippen LogP contribution is 2.28. The summed E-state index contributed by atoms with van der Waals surface area (Å²) >= 11 is 0. The van der Waals surface area contributed by atoms with Crippen molar-refractivity contribution in [3.05, 3.63) is 53.6 Å². The summed E-state index contributed by atoms with van der Waals surface area (Å²) in [6.45, 7) is 3.09. The second-order valence-corrected chi connectivity index (χ2v) is 7.28. The average Bonchev–Trinajstić information content (AvgIpc) is 3.11. The van der Waals surface area contributed by atoms with Crippen molar-refractivity contribution in [3.63, 3.8) is 0 Å². The molecule has 0 aromatic heterocycles. The van der Waals surface area contributed by atoms with Gasteiger partial charge in [-0.25, -0.2) is 0 Å². The third-order valence-electron chi connectivity index (χ3n) is 5.50. The number of methoxy groups -OCH3 is 1. The molecule has 2 amide bonds. The second-order valence-electron chi connectivity index (χ2n) is 7.28. The van der Waals surface area contributed by atoms with Crippen LogP contribution >= 0.6 is 0 Å². The molecule has 0 saturated carbocycles. The molecule has 1 N–H and O–H groups in total. The van der Waals surface area contributed by atoms with Crippen molar-refractivity contribution in [1.29, 1.82) is 0 Å². The minimum absolute atomic E-state index is 0.0550. The lowest BCUT2D eigenvalue weighted by atomic mass is 10.1. The first kappa shape index (κ1) is 18.3. The van der Waals surface area contributed by atoms with E-state index in [9.17, 15) is 9.59 Å². The maximum Gasteiger partial charge on any atom is 0.228 e. The number of nitrogens with one attached hydrogen (secondary N) is 1. The number of hydrogen-bond donors (Lipinski definition) is 1. The van der Waals surface area contributed by atoms with Gasteiger partial charge < -0.3 is 19.9 Å². The van der Waals surface area contributed by atoms with Crippen LogP contribution in [0.15, 0.2) is 42.5 Å². The first-order valence-corrected chi connectivity index (χ1v) is 9.71. The topological polar surface area (TPSA) is 61.9 Å². The van der Waals surface area contributed by atoms with Crippen LogP contribution in [0, 0.1) is 0 Å². The van der Waals surface area contributed by atoms with Crippen LogP contribution in [-0.2, 0) is 22.4 Å². The van der Waals surface area contributed by atoms with E-state index in [1.54, 1.807) is 7.11 Å². The van der Waals surface area contributed by atoms with Gasteiger partial charge >= 0.3 is 0 Å². The lowest BCUT2D eigenvalue weighted by Gasteiger charge is -2.36. The van der Waals surface area contributed by atoms with Crippen LogP contribution in [0.2, 0.25) is 0 Å². The maximum absolute atomic E-state index is 12.6. The number of amides is 2. The summed E-state index contributed by atoms with van der Waals surface area (Å²) < 4.78 is 5.17. The van der Waals surface area contributed by atoms with Crippen LogP contribution in [0.3, 0.4) is 0 Å². The number of hydrogen-bond acceptors (Lipinski definition) is 4. The molecule has 2 aliphatic heterocycles. The maximum atomic E-state index is 12.6. The molecular weight excluding hydrogens is 354 g/mol. The molecule has 6 heteroatoms. The van der Waals surface area contributed by atoms with Gasteiger partial charge in [0.25, 0.3) is 0 Å². The Morgan fingerprint density at radius 3 is 2.54 bits per heavy atom.